The molecule has 1 aromatic carbocycles. The van der Waals surface area contributed by atoms with Gasteiger partial charge in [-0.25, -0.2) is 0 Å². The molecule has 5 rings (SSSR count). The summed E-state index contributed by atoms with van der Waals surface area (Å²) in [5.74, 6) is 3.15. The molecular weight excluding hydrogens is 344 g/mol. The number of benzene rings is 1. The van der Waals surface area contributed by atoms with E-state index in [1.54, 1.807) is 0 Å². The highest BCUT2D eigenvalue weighted by atomic mass is 16.1. The van der Waals surface area contributed by atoms with Gasteiger partial charge in [0.2, 0.25) is 0 Å². The van der Waals surface area contributed by atoms with E-state index in [1.165, 1.54) is 11.1 Å². The topological polar surface area (TPSA) is 34.1 Å². The van der Waals surface area contributed by atoms with Crippen LogP contribution in [0.15, 0.2) is 42.0 Å². The van der Waals surface area contributed by atoms with Gasteiger partial charge in [-0.3, -0.25) is 9.59 Å². The Labute approximate surface area is 168 Å². The van der Waals surface area contributed by atoms with E-state index < -0.39 is 0 Å². The van der Waals surface area contributed by atoms with Gasteiger partial charge in [0.05, 0.1) is 0 Å². The molecule has 6 atom stereocenters. The minimum absolute atomic E-state index is 0.0990. The summed E-state index contributed by atoms with van der Waals surface area (Å²) in [6, 6.07) is 10.8. The first-order valence-electron chi connectivity index (χ1n) is 11.2. The first kappa shape index (κ1) is 18.3. The van der Waals surface area contributed by atoms with E-state index in [9.17, 15) is 9.59 Å². The number of fused-ring (bicyclic) bond motifs is 5. The second-order valence-electron chi connectivity index (χ2n) is 10.4. The van der Waals surface area contributed by atoms with Gasteiger partial charge in [0.25, 0.3) is 0 Å². The molecule has 4 aliphatic rings. The highest BCUT2D eigenvalue weighted by Gasteiger charge is 2.61. The maximum atomic E-state index is 12.8. The lowest BCUT2D eigenvalue weighted by Crippen LogP contribution is -2.54. The fourth-order valence-corrected chi connectivity index (χ4v) is 7.60. The van der Waals surface area contributed by atoms with E-state index in [0.717, 1.165) is 44.9 Å². The van der Waals surface area contributed by atoms with Crippen molar-refractivity contribution in [2.45, 2.75) is 65.2 Å². The van der Waals surface area contributed by atoms with Crippen LogP contribution < -0.4 is 0 Å². The number of carbonyl (C=O) groups is 2. The molecule has 3 fully saturated rings. The minimum Gasteiger partial charge on any atom is -0.299 e. The van der Waals surface area contributed by atoms with Gasteiger partial charge < -0.3 is 0 Å². The summed E-state index contributed by atoms with van der Waals surface area (Å²) in [6.07, 6.45) is 9.88. The van der Waals surface area contributed by atoms with Gasteiger partial charge in [-0.1, -0.05) is 49.8 Å². The van der Waals surface area contributed by atoms with Crippen LogP contribution in [-0.4, -0.2) is 11.6 Å². The van der Waals surface area contributed by atoms with Gasteiger partial charge in [-0.15, -0.1) is 0 Å². The molecule has 0 bridgehead atoms. The first-order chi connectivity index (χ1) is 13.4. The van der Waals surface area contributed by atoms with E-state index in [2.05, 4.69) is 44.2 Å². The van der Waals surface area contributed by atoms with Gasteiger partial charge >= 0.3 is 0 Å². The normalized spacial score (nSPS) is 42.4. The van der Waals surface area contributed by atoms with Crippen molar-refractivity contribution in [3.63, 3.8) is 0 Å². The Morgan fingerprint density at radius 3 is 2.46 bits per heavy atom. The standard InChI is InChI=1S/C26H32O2/c1-25-12-10-20(27)16-19(25)15-18(14-17-6-4-3-5-7-17)24-21-8-9-23(28)26(21,2)13-11-22(24)25/h3-7,16,18,21-22,24H,8-15H2,1-2H3/t18-,21?,22?,24?,25+,26+/m1/s1. The zero-order chi connectivity index (χ0) is 19.5. The zero-order valence-electron chi connectivity index (χ0n) is 17.2. The monoisotopic (exact) mass is 376 g/mol. The second kappa shape index (κ2) is 6.40. The summed E-state index contributed by atoms with van der Waals surface area (Å²) in [6.45, 7) is 4.70. The third-order valence-electron chi connectivity index (χ3n) is 9.19. The van der Waals surface area contributed by atoms with Crippen LogP contribution in [0.25, 0.3) is 0 Å². The highest BCUT2D eigenvalue weighted by molar-refractivity contribution is 5.91. The molecular formula is C26H32O2. The number of hydrogen-bond acceptors (Lipinski definition) is 2. The lowest BCUT2D eigenvalue weighted by Gasteiger charge is -2.59. The van der Waals surface area contributed by atoms with Crippen LogP contribution in [0.2, 0.25) is 0 Å². The molecule has 0 amide bonds. The zero-order valence-corrected chi connectivity index (χ0v) is 17.2. The maximum Gasteiger partial charge on any atom is 0.155 e. The van der Waals surface area contributed by atoms with Gasteiger partial charge in [0.1, 0.15) is 5.78 Å². The van der Waals surface area contributed by atoms with E-state index in [0.29, 0.717) is 41.7 Å². The average Bonchev–Trinajstić information content (AvgIpc) is 2.99. The lowest BCUT2D eigenvalue weighted by molar-refractivity contribution is -0.135. The Morgan fingerprint density at radius 1 is 0.929 bits per heavy atom. The molecule has 1 aromatic rings. The Kier molecular flexibility index (Phi) is 4.19. The van der Waals surface area contributed by atoms with Gasteiger partial charge in [-0.05, 0) is 79.3 Å². The molecule has 148 valence electrons. The van der Waals surface area contributed by atoms with Crippen LogP contribution >= 0.6 is 0 Å². The molecule has 0 aliphatic heterocycles. The van der Waals surface area contributed by atoms with Gasteiger partial charge in [0.15, 0.2) is 5.78 Å². The summed E-state index contributed by atoms with van der Waals surface area (Å²) in [5.41, 5.74) is 2.88. The maximum absolute atomic E-state index is 12.8. The van der Waals surface area contributed by atoms with Crippen molar-refractivity contribution in [1.82, 2.24) is 0 Å². The average molecular weight is 377 g/mol. The molecule has 0 saturated heterocycles. The van der Waals surface area contributed by atoms with Crippen molar-refractivity contribution in [1.29, 1.82) is 0 Å². The first-order valence-corrected chi connectivity index (χ1v) is 11.2. The Morgan fingerprint density at radius 2 is 1.68 bits per heavy atom. The van der Waals surface area contributed by atoms with Crippen LogP contribution in [0.1, 0.15) is 64.4 Å². The molecule has 2 heteroatoms. The number of allylic oxidation sites excluding steroid dienone is 1. The fourth-order valence-electron chi connectivity index (χ4n) is 7.60. The van der Waals surface area contributed by atoms with Gasteiger partial charge in [-0.2, -0.15) is 0 Å². The molecule has 3 unspecified atom stereocenters. The van der Waals surface area contributed by atoms with Crippen LogP contribution in [0.4, 0.5) is 0 Å². The summed E-state index contributed by atoms with van der Waals surface area (Å²) >= 11 is 0. The van der Waals surface area contributed by atoms with Crippen molar-refractivity contribution in [2.24, 2.45) is 34.5 Å². The largest absolute Gasteiger partial charge is 0.299 e. The smallest absolute Gasteiger partial charge is 0.155 e. The van der Waals surface area contributed by atoms with Crippen LogP contribution in [-0.2, 0) is 16.0 Å². The molecule has 0 heterocycles. The molecule has 0 spiro atoms. The van der Waals surface area contributed by atoms with Crippen molar-refractivity contribution in [3.8, 4) is 0 Å². The summed E-state index contributed by atoms with van der Waals surface area (Å²) in [5, 5.41) is 0. The van der Waals surface area contributed by atoms with Crippen molar-refractivity contribution in [3.05, 3.63) is 47.5 Å². The minimum atomic E-state index is -0.0990. The Balaban J connectivity index is 1.57. The molecule has 28 heavy (non-hydrogen) atoms. The van der Waals surface area contributed by atoms with Crippen molar-refractivity contribution < 1.29 is 9.59 Å². The van der Waals surface area contributed by atoms with Crippen molar-refractivity contribution >= 4 is 11.6 Å². The van der Waals surface area contributed by atoms with Crippen LogP contribution in [0, 0.1) is 34.5 Å². The number of carbonyl (C=O) groups excluding carboxylic acids is 2. The second-order valence-corrected chi connectivity index (χ2v) is 10.4. The van der Waals surface area contributed by atoms with Crippen LogP contribution in [0.5, 0.6) is 0 Å². The Hall–Kier alpha value is -1.70. The van der Waals surface area contributed by atoms with E-state index >= 15 is 0 Å². The molecule has 2 nitrogen and oxygen atoms in total. The summed E-state index contributed by atoms with van der Waals surface area (Å²) in [7, 11) is 0. The molecule has 4 aliphatic carbocycles. The van der Waals surface area contributed by atoms with Crippen LogP contribution in [0.3, 0.4) is 0 Å². The molecule has 3 saturated carbocycles. The number of rotatable bonds is 2. The SMILES string of the molecule is C[C@]12CCC(=O)C=C1C[C@@H](Cc1ccccc1)C1C2CC[C@]2(C)C(=O)CCC12. The number of hydrogen-bond donors (Lipinski definition) is 0. The predicted molar refractivity (Wildman–Crippen MR) is 111 cm³/mol. The van der Waals surface area contributed by atoms with E-state index in [4.69, 9.17) is 0 Å². The third-order valence-corrected chi connectivity index (χ3v) is 9.19. The number of Topliss-reactive ketones (excluding diaryl/α,β-unsaturated/α-hetero) is 1. The van der Waals surface area contributed by atoms with Gasteiger partial charge in [0, 0.05) is 18.3 Å². The third kappa shape index (κ3) is 2.60. The molecule has 0 radical (unpaired) electrons. The van der Waals surface area contributed by atoms with Crippen molar-refractivity contribution in [2.75, 3.05) is 0 Å². The lowest BCUT2D eigenvalue weighted by atomic mass is 9.44. The number of ketones is 2. The Bertz CT molecular complexity index is 837. The van der Waals surface area contributed by atoms with E-state index in [-0.39, 0.29) is 10.8 Å². The predicted octanol–water partition coefficient (Wildman–Crippen LogP) is 5.56. The molecule has 0 aromatic heterocycles. The molecule has 0 N–H and O–H groups in total. The highest BCUT2D eigenvalue weighted by Crippen LogP contribution is 2.66. The summed E-state index contributed by atoms with van der Waals surface area (Å²) in [4.78, 5) is 25.1. The van der Waals surface area contributed by atoms with E-state index in [1.807, 2.05) is 6.08 Å². The fraction of sp³-hybridized carbons (Fsp3) is 0.615. The quantitative estimate of drug-likeness (QED) is 0.677. The summed E-state index contributed by atoms with van der Waals surface area (Å²) < 4.78 is 0.